The monoisotopic (exact) mass is 299 g/mol. The van der Waals surface area contributed by atoms with E-state index in [9.17, 15) is 13.2 Å². The maximum absolute atomic E-state index is 12.2. The lowest BCUT2D eigenvalue weighted by molar-refractivity contribution is -0.122. The van der Waals surface area contributed by atoms with Gasteiger partial charge in [0.15, 0.2) is 0 Å². The molecule has 0 aromatic heterocycles. The molecule has 0 fully saturated rings. The quantitative estimate of drug-likeness (QED) is 0.675. The fourth-order valence-corrected chi connectivity index (χ4v) is 2.98. The molecule has 0 aliphatic heterocycles. The second-order valence-corrected chi connectivity index (χ2v) is 6.36. The summed E-state index contributed by atoms with van der Waals surface area (Å²) in [7, 11) is -3.81. The molecule has 0 heterocycles. The van der Waals surface area contributed by atoms with Gasteiger partial charge in [0.25, 0.3) is 0 Å². The molecule has 1 aromatic carbocycles. The van der Waals surface area contributed by atoms with Crippen molar-refractivity contribution in [2.24, 2.45) is 0 Å². The molecular formula is C13H21N3O3S. The molecule has 1 rings (SSSR count). The smallest absolute Gasteiger partial charge is 0.243 e. The molecule has 112 valence electrons. The Labute approximate surface area is 119 Å². The number of carbonyl (C=O) groups excluding carboxylic acids is 1. The molecule has 1 unspecified atom stereocenters. The average Bonchev–Trinajstić information content (AvgIpc) is 2.34. The summed E-state index contributed by atoms with van der Waals surface area (Å²) in [6.07, 6.45) is 0.788. The number of nitrogen functional groups attached to an aromatic ring is 1. The number of carbonyl (C=O) groups is 1. The Morgan fingerprint density at radius 1 is 1.40 bits per heavy atom. The van der Waals surface area contributed by atoms with Crippen molar-refractivity contribution in [1.29, 1.82) is 0 Å². The molecule has 0 spiro atoms. The number of rotatable bonds is 6. The van der Waals surface area contributed by atoms with E-state index in [1.54, 1.807) is 12.1 Å². The highest BCUT2D eigenvalue weighted by Gasteiger charge is 2.23. The Kier molecular flexibility index (Phi) is 5.52. The van der Waals surface area contributed by atoms with Crippen molar-refractivity contribution in [2.75, 3.05) is 12.3 Å². The molecule has 0 aliphatic carbocycles. The van der Waals surface area contributed by atoms with E-state index in [4.69, 9.17) is 5.73 Å². The van der Waals surface area contributed by atoms with Crippen LogP contribution in [0, 0.1) is 6.92 Å². The van der Waals surface area contributed by atoms with Gasteiger partial charge in [-0.1, -0.05) is 13.0 Å². The Bertz CT molecular complexity index is 585. The van der Waals surface area contributed by atoms with Crippen LogP contribution >= 0.6 is 0 Å². The van der Waals surface area contributed by atoms with Gasteiger partial charge in [0.1, 0.15) is 4.90 Å². The summed E-state index contributed by atoms with van der Waals surface area (Å²) in [5.41, 5.74) is 6.76. The lowest BCUT2D eigenvalue weighted by atomic mass is 10.2. The van der Waals surface area contributed by atoms with Crippen LogP contribution in [0.25, 0.3) is 0 Å². The van der Waals surface area contributed by atoms with Gasteiger partial charge in [0.05, 0.1) is 11.7 Å². The molecule has 1 atom stereocenters. The fraction of sp³-hybridized carbons (Fsp3) is 0.462. The Morgan fingerprint density at radius 3 is 2.60 bits per heavy atom. The third-order valence-electron chi connectivity index (χ3n) is 2.73. The third kappa shape index (κ3) is 4.21. The molecule has 0 radical (unpaired) electrons. The van der Waals surface area contributed by atoms with Gasteiger partial charge in [-0.2, -0.15) is 4.72 Å². The molecular weight excluding hydrogens is 278 g/mol. The minimum absolute atomic E-state index is 0.0155. The second-order valence-electron chi connectivity index (χ2n) is 4.68. The number of sulfonamides is 1. The largest absolute Gasteiger partial charge is 0.398 e. The van der Waals surface area contributed by atoms with E-state index in [0.717, 1.165) is 12.0 Å². The Balaban J connectivity index is 2.87. The molecule has 6 nitrogen and oxygen atoms in total. The first-order valence-corrected chi connectivity index (χ1v) is 7.92. The van der Waals surface area contributed by atoms with E-state index in [2.05, 4.69) is 10.0 Å². The number of aryl methyl sites for hydroxylation is 1. The van der Waals surface area contributed by atoms with E-state index in [1.807, 2.05) is 13.8 Å². The van der Waals surface area contributed by atoms with Crippen LogP contribution in [0.1, 0.15) is 25.8 Å². The first-order chi connectivity index (χ1) is 9.27. The predicted octanol–water partition coefficient (Wildman–Crippen LogP) is 0.770. The van der Waals surface area contributed by atoms with Crippen LogP contribution in [0.4, 0.5) is 5.69 Å². The van der Waals surface area contributed by atoms with Crippen molar-refractivity contribution >= 4 is 21.6 Å². The summed E-state index contributed by atoms with van der Waals surface area (Å²) >= 11 is 0. The van der Waals surface area contributed by atoms with Gasteiger partial charge in [-0.05, 0) is 38.0 Å². The number of benzene rings is 1. The van der Waals surface area contributed by atoms with Crippen molar-refractivity contribution < 1.29 is 13.2 Å². The highest BCUT2D eigenvalue weighted by molar-refractivity contribution is 7.89. The van der Waals surface area contributed by atoms with Crippen LogP contribution in [0.15, 0.2) is 23.1 Å². The first-order valence-electron chi connectivity index (χ1n) is 6.44. The first kappa shape index (κ1) is 16.5. The highest BCUT2D eigenvalue weighted by Crippen LogP contribution is 2.19. The minimum atomic E-state index is -3.81. The number of hydrogen-bond donors (Lipinski definition) is 3. The predicted molar refractivity (Wildman–Crippen MR) is 78.7 cm³/mol. The highest BCUT2D eigenvalue weighted by atomic mass is 32.2. The topological polar surface area (TPSA) is 101 Å². The van der Waals surface area contributed by atoms with Gasteiger partial charge in [-0.3, -0.25) is 4.79 Å². The van der Waals surface area contributed by atoms with Crippen molar-refractivity contribution in [3.8, 4) is 0 Å². The zero-order valence-electron chi connectivity index (χ0n) is 11.9. The van der Waals surface area contributed by atoms with Gasteiger partial charge in [0.2, 0.25) is 15.9 Å². The van der Waals surface area contributed by atoms with Crippen LogP contribution in [-0.4, -0.2) is 26.9 Å². The van der Waals surface area contributed by atoms with Crippen LogP contribution in [0.3, 0.4) is 0 Å². The van der Waals surface area contributed by atoms with Crippen molar-refractivity contribution in [2.45, 2.75) is 38.1 Å². The summed E-state index contributed by atoms with van der Waals surface area (Å²) in [6, 6.07) is 3.82. The second kappa shape index (κ2) is 6.71. The van der Waals surface area contributed by atoms with Gasteiger partial charge >= 0.3 is 0 Å². The van der Waals surface area contributed by atoms with E-state index >= 15 is 0 Å². The van der Waals surface area contributed by atoms with Gasteiger partial charge in [0, 0.05) is 6.54 Å². The van der Waals surface area contributed by atoms with E-state index in [-0.39, 0.29) is 16.5 Å². The maximum atomic E-state index is 12.2. The summed E-state index contributed by atoms with van der Waals surface area (Å²) in [4.78, 5) is 11.7. The van der Waals surface area contributed by atoms with E-state index < -0.39 is 16.1 Å². The van der Waals surface area contributed by atoms with E-state index in [0.29, 0.717) is 6.54 Å². The standard InChI is InChI=1S/C13H21N3O3S/c1-4-7-15-13(17)10(3)16-20(18,19)12-6-5-9(2)8-11(12)14/h5-6,8,10,16H,4,7,14H2,1-3H3,(H,15,17). The molecule has 0 aliphatic rings. The number of nitrogens with two attached hydrogens (primary N) is 1. The zero-order chi connectivity index (χ0) is 15.3. The molecule has 1 aromatic rings. The third-order valence-corrected chi connectivity index (χ3v) is 4.34. The Morgan fingerprint density at radius 2 is 2.05 bits per heavy atom. The molecule has 20 heavy (non-hydrogen) atoms. The maximum Gasteiger partial charge on any atom is 0.243 e. The SMILES string of the molecule is CCCNC(=O)C(C)NS(=O)(=O)c1ccc(C)cc1N. The number of nitrogens with one attached hydrogen (secondary N) is 2. The van der Waals surface area contributed by atoms with Crippen LogP contribution in [0.2, 0.25) is 0 Å². The molecule has 7 heteroatoms. The number of hydrogen-bond acceptors (Lipinski definition) is 4. The van der Waals surface area contributed by atoms with E-state index in [1.165, 1.54) is 13.0 Å². The van der Waals surface area contributed by atoms with Crippen molar-refractivity contribution in [3.63, 3.8) is 0 Å². The zero-order valence-corrected chi connectivity index (χ0v) is 12.8. The minimum Gasteiger partial charge on any atom is -0.398 e. The molecule has 0 saturated carbocycles. The molecule has 1 amide bonds. The normalized spacial score (nSPS) is 12.9. The Hall–Kier alpha value is -1.60. The summed E-state index contributed by atoms with van der Waals surface area (Å²) in [6.45, 7) is 5.74. The molecule has 4 N–H and O–H groups in total. The number of amides is 1. The van der Waals surface area contributed by atoms with Crippen molar-refractivity contribution in [1.82, 2.24) is 10.0 Å². The molecule has 0 saturated heterocycles. The lowest BCUT2D eigenvalue weighted by Gasteiger charge is -2.15. The molecule has 0 bridgehead atoms. The lowest BCUT2D eigenvalue weighted by Crippen LogP contribution is -2.45. The fourth-order valence-electron chi connectivity index (χ4n) is 1.66. The van der Waals surface area contributed by atoms with Gasteiger partial charge < -0.3 is 11.1 Å². The average molecular weight is 299 g/mol. The van der Waals surface area contributed by atoms with Crippen LogP contribution in [0.5, 0.6) is 0 Å². The summed E-state index contributed by atoms with van der Waals surface area (Å²) < 4.78 is 26.7. The van der Waals surface area contributed by atoms with Crippen molar-refractivity contribution in [3.05, 3.63) is 23.8 Å². The summed E-state index contributed by atoms with van der Waals surface area (Å²) in [5.74, 6) is -0.360. The van der Waals surface area contributed by atoms with Crippen LogP contribution < -0.4 is 15.8 Å². The van der Waals surface area contributed by atoms with Gasteiger partial charge in [-0.25, -0.2) is 8.42 Å². The summed E-state index contributed by atoms with van der Waals surface area (Å²) in [5, 5.41) is 2.63. The number of anilines is 1. The van der Waals surface area contributed by atoms with Crippen LogP contribution in [-0.2, 0) is 14.8 Å². The van der Waals surface area contributed by atoms with Gasteiger partial charge in [-0.15, -0.1) is 0 Å².